The number of rotatable bonds is 1. The minimum atomic E-state index is -0.0304. The minimum absolute atomic E-state index is 0.0304. The molecule has 0 amide bonds. The first-order chi connectivity index (χ1) is 9.15. The molecule has 0 radical (unpaired) electrons. The van der Waals surface area contributed by atoms with Gasteiger partial charge in [0, 0.05) is 19.7 Å². The first-order valence-electron chi connectivity index (χ1n) is 5.63. The van der Waals surface area contributed by atoms with E-state index >= 15 is 0 Å². The van der Waals surface area contributed by atoms with Crippen LogP contribution in [-0.4, -0.2) is 0 Å². The van der Waals surface area contributed by atoms with Crippen molar-refractivity contribution in [2.45, 2.75) is 0 Å². The Morgan fingerprint density at radius 1 is 1.05 bits per heavy atom. The van der Waals surface area contributed by atoms with Gasteiger partial charge in [-0.05, 0) is 46.9 Å². The predicted molar refractivity (Wildman–Crippen MR) is 88.3 cm³/mol. The lowest BCUT2D eigenvalue weighted by Crippen LogP contribution is -2.00. The second kappa shape index (κ2) is 5.09. The zero-order valence-corrected chi connectivity index (χ0v) is 13.4. The molecule has 3 aromatic rings. The first kappa shape index (κ1) is 12.9. The molecule has 1 heterocycles. The third-order valence-electron chi connectivity index (χ3n) is 2.83. The van der Waals surface area contributed by atoms with E-state index in [0.29, 0.717) is 16.7 Å². The maximum atomic E-state index is 12.2. The fourth-order valence-corrected chi connectivity index (χ4v) is 2.94. The van der Waals surface area contributed by atoms with Crippen LogP contribution >= 0.6 is 38.5 Å². The molecule has 0 bridgehead atoms. The maximum absolute atomic E-state index is 12.2. The molecule has 0 saturated carbocycles. The van der Waals surface area contributed by atoms with Gasteiger partial charge in [-0.1, -0.05) is 34.1 Å². The van der Waals surface area contributed by atoms with Crippen LogP contribution in [0.3, 0.4) is 0 Å². The summed E-state index contributed by atoms with van der Waals surface area (Å²) in [6.07, 6.45) is 0. The lowest BCUT2D eigenvalue weighted by molar-refractivity contribution is 0.618. The molecular weight excluding hydrogens is 419 g/mol. The Kier molecular flexibility index (Phi) is 3.45. The molecule has 1 aromatic heterocycles. The Bertz CT molecular complexity index is 824. The molecule has 0 aliphatic carbocycles. The SMILES string of the molecule is O=c1cc(-c2ccccc2I)oc2ccc(Br)cc12. The molecule has 94 valence electrons. The van der Waals surface area contributed by atoms with Crippen LogP contribution < -0.4 is 5.43 Å². The van der Waals surface area contributed by atoms with Crippen molar-refractivity contribution in [2.75, 3.05) is 0 Å². The Morgan fingerprint density at radius 3 is 2.63 bits per heavy atom. The summed E-state index contributed by atoms with van der Waals surface area (Å²) in [4.78, 5) is 12.2. The van der Waals surface area contributed by atoms with E-state index in [-0.39, 0.29) is 5.43 Å². The summed E-state index contributed by atoms with van der Waals surface area (Å²) in [5.41, 5.74) is 1.51. The standard InChI is InChI=1S/C15H8BrIO2/c16-9-5-6-14-11(7-9)13(18)8-15(19-14)10-3-1-2-4-12(10)17/h1-8H. The van der Waals surface area contributed by atoms with E-state index in [9.17, 15) is 4.79 Å². The summed E-state index contributed by atoms with van der Waals surface area (Å²) in [6.45, 7) is 0. The van der Waals surface area contributed by atoms with Gasteiger partial charge >= 0.3 is 0 Å². The highest BCUT2D eigenvalue weighted by molar-refractivity contribution is 14.1. The second-order valence-corrected chi connectivity index (χ2v) is 6.17. The highest BCUT2D eigenvalue weighted by Crippen LogP contribution is 2.27. The number of hydrogen-bond acceptors (Lipinski definition) is 2. The van der Waals surface area contributed by atoms with E-state index < -0.39 is 0 Å². The van der Waals surface area contributed by atoms with Crippen LogP contribution in [0.2, 0.25) is 0 Å². The quantitative estimate of drug-likeness (QED) is 0.522. The van der Waals surface area contributed by atoms with Gasteiger partial charge in [-0.3, -0.25) is 4.79 Å². The zero-order valence-electron chi connectivity index (χ0n) is 9.69. The van der Waals surface area contributed by atoms with Crippen molar-refractivity contribution in [3.05, 3.63) is 66.8 Å². The van der Waals surface area contributed by atoms with Gasteiger partial charge in [0.15, 0.2) is 5.43 Å². The van der Waals surface area contributed by atoms with Crippen LogP contribution in [0.1, 0.15) is 0 Å². The third-order valence-corrected chi connectivity index (χ3v) is 4.26. The van der Waals surface area contributed by atoms with Crippen LogP contribution in [-0.2, 0) is 0 Å². The fourth-order valence-electron chi connectivity index (χ4n) is 1.92. The van der Waals surface area contributed by atoms with E-state index in [0.717, 1.165) is 13.6 Å². The van der Waals surface area contributed by atoms with Crippen LogP contribution in [0.5, 0.6) is 0 Å². The molecule has 2 nitrogen and oxygen atoms in total. The average molecular weight is 427 g/mol. The van der Waals surface area contributed by atoms with Gasteiger partial charge in [-0.25, -0.2) is 0 Å². The topological polar surface area (TPSA) is 30.2 Å². The van der Waals surface area contributed by atoms with Gasteiger partial charge in [0.1, 0.15) is 11.3 Å². The van der Waals surface area contributed by atoms with Crippen molar-refractivity contribution in [1.82, 2.24) is 0 Å². The van der Waals surface area contributed by atoms with Crippen molar-refractivity contribution in [3.8, 4) is 11.3 Å². The molecule has 19 heavy (non-hydrogen) atoms. The molecule has 0 atom stereocenters. The normalized spacial score (nSPS) is 10.8. The van der Waals surface area contributed by atoms with Gasteiger partial charge in [0.25, 0.3) is 0 Å². The Hall–Kier alpha value is -1.14. The average Bonchev–Trinajstić information content (AvgIpc) is 2.40. The molecule has 0 spiro atoms. The molecule has 2 aromatic carbocycles. The molecule has 0 unspecified atom stereocenters. The predicted octanol–water partition coefficient (Wildman–Crippen LogP) is 4.83. The molecule has 0 aliphatic heterocycles. The Labute approximate surface area is 131 Å². The van der Waals surface area contributed by atoms with Crippen LogP contribution in [0.25, 0.3) is 22.3 Å². The number of benzene rings is 2. The molecule has 0 fully saturated rings. The Morgan fingerprint density at radius 2 is 1.84 bits per heavy atom. The van der Waals surface area contributed by atoms with Gasteiger partial charge < -0.3 is 4.42 Å². The highest BCUT2D eigenvalue weighted by atomic mass is 127. The van der Waals surface area contributed by atoms with Gasteiger partial charge in [-0.2, -0.15) is 0 Å². The summed E-state index contributed by atoms with van der Waals surface area (Å²) in [5.74, 6) is 0.602. The first-order valence-corrected chi connectivity index (χ1v) is 7.50. The Balaban J connectivity index is 2.31. The second-order valence-electron chi connectivity index (χ2n) is 4.10. The maximum Gasteiger partial charge on any atom is 0.193 e. The summed E-state index contributed by atoms with van der Waals surface area (Å²) in [5, 5.41) is 0.587. The van der Waals surface area contributed by atoms with E-state index in [2.05, 4.69) is 38.5 Å². The van der Waals surface area contributed by atoms with Gasteiger partial charge in [-0.15, -0.1) is 0 Å². The van der Waals surface area contributed by atoms with Crippen molar-refractivity contribution >= 4 is 49.5 Å². The van der Waals surface area contributed by atoms with Crippen molar-refractivity contribution < 1.29 is 4.42 Å². The summed E-state index contributed by atoms with van der Waals surface area (Å²) in [7, 11) is 0. The molecule has 4 heteroatoms. The fraction of sp³-hybridized carbons (Fsp3) is 0. The van der Waals surface area contributed by atoms with Crippen LogP contribution in [0.4, 0.5) is 0 Å². The van der Waals surface area contributed by atoms with E-state index in [1.165, 1.54) is 0 Å². The zero-order chi connectivity index (χ0) is 13.4. The number of hydrogen-bond donors (Lipinski definition) is 0. The molecule has 0 saturated heterocycles. The number of fused-ring (bicyclic) bond motifs is 1. The molecule has 0 aliphatic rings. The smallest absolute Gasteiger partial charge is 0.193 e. The van der Waals surface area contributed by atoms with Crippen molar-refractivity contribution in [1.29, 1.82) is 0 Å². The van der Waals surface area contributed by atoms with E-state index in [1.807, 2.05) is 30.3 Å². The van der Waals surface area contributed by atoms with Crippen molar-refractivity contribution in [3.63, 3.8) is 0 Å². The number of halogens is 2. The lowest BCUT2D eigenvalue weighted by Gasteiger charge is -2.05. The minimum Gasteiger partial charge on any atom is -0.456 e. The molecular formula is C15H8BrIO2. The lowest BCUT2D eigenvalue weighted by atomic mass is 10.1. The molecule has 3 rings (SSSR count). The van der Waals surface area contributed by atoms with Crippen LogP contribution in [0.15, 0.2) is 62.2 Å². The largest absolute Gasteiger partial charge is 0.456 e. The van der Waals surface area contributed by atoms with Gasteiger partial charge in [0.05, 0.1) is 5.39 Å². The molecule has 0 N–H and O–H groups in total. The van der Waals surface area contributed by atoms with E-state index in [4.69, 9.17) is 4.42 Å². The van der Waals surface area contributed by atoms with Gasteiger partial charge in [0.2, 0.25) is 0 Å². The monoisotopic (exact) mass is 426 g/mol. The third kappa shape index (κ3) is 2.47. The summed E-state index contributed by atoms with van der Waals surface area (Å²) < 4.78 is 7.76. The van der Waals surface area contributed by atoms with E-state index in [1.54, 1.807) is 18.2 Å². The summed E-state index contributed by atoms with van der Waals surface area (Å²) >= 11 is 5.59. The van der Waals surface area contributed by atoms with Crippen molar-refractivity contribution in [2.24, 2.45) is 0 Å². The van der Waals surface area contributed by atoms with Crippen LogP contribution in [0, 0.1) is 3.57 Å². The summed E-state index contributed by atoms with van der Waals surface area (Å²) in [6, 6.07) is 14.8. The highest BCUT2D eigenvalue weighted by Gasteiger charge is 2.09.